The second kappa shape index (κ2) is 10.5. The Morgan fingerprint density at radius 1 is 1.04 bits per heavy atom. The van der Waals surface area contributed by atoms with Gasteiger partial charge in [0.05, 0.1) is 13.7 Å². The number of carbonyl (C=O) groups is 1. The van der Waals surface area contributed by atoms with Gasteiger partial charge in [0.1, 0.15) is 0 Å². The summed E-state index contributed by atoms with van der Waals surface area (Å²) in [4.78, 5) is 12.3. The number of hydrogen-bond donors (Lipinski definition) is 1. The predicted octanol–water partition coefficient (Wildman–Crippen LogP) is 5.84. The van der Waals surface area contributed by atoms with Gasteiger partial charge in [-0.15, -0.1) is 0 Å². The quantitative estimate of drug-likeness (QED) is 0.438. The normalized spacial score (nSPS) is 10.9. The number of carbonyl (C=O) groups excluding carboxylic acids is 1. The molecule has 0 spiro atoms. The van der Waals surface area contributed by atoms with E-state index in [4.69, 9.17) is 9.47 Å². The molecule has 1 amide bonds. The van der Waals surface area contributed by atoms with Crippen molar-refractivity contribution < 1.29 is 14.3 Å². The van der Waals surface area contributed by atoms with Gasteiger partial charge in [0.25, 0.3) is 0 Å². The van der Waals surface area contributed by atoms with Gasteiger partial charge in [-0.2, -0.15) is 0 Å². The van der Waals surface area contributed by atoms with Gasteiger partial charge in [-0.25, -0.2) is 0 Å². The van der Waals surface area contributed by atoms with Crippen LogP contribution in [0.3, 0.4) is 0 Å². The van der Waals surface area contributed by atoms with Gasteiger partial charge in [-0.05, 0) is 62.1 Å². The van der Waals surface area contributed by atoms with Gasteiger partial charge in [-0.3, -0.25) is 4.79 Å². The van der Waals surface area contributed by atoms with Crippen LogP contribution < -0.4 is 14.8 Å². The smallest absolute Gasteiger partial charge is 0.248 e. The van der Waals surface area contributed by atoms with Crippen molar-refractivity contribution in [3.63, 3.8) is 0 Å². The average Bonchev–Trinajstić information content (AvgIpc) is 2.66. The average molecular weight is 382 g/mol. The first-order valence-electron chi connectivity index (χ1n) is 9.82. The lowest BCUT2D eigenvalue weighted by molar-refractivity contribution is -0.111. The van der Waals surface area contributed by atoms with Crippen molar-refractivity contribution in [1.29, 1.82) is 0 Å². The molecule has 0 aliphatic carbocycles. The molecule has 0 saturated carbocycles. The number of methoxy groups -OCH3 is 1. The zero-order valence-electron chi connectivity index (χ0n) is 17.6. The van der Waals surface area contributed by atoms with Crippen molar-refractivity contribution in [3.05, 3.63) is 58.7 Å². The Hall–Kier alpha value is -2.75. The minimum atomic E-state index is -0.158. The predicted molar refractivity (Wildman–Crippen MR) is 116 cm³/mol. The van der Waals surface area contributed by atoms with E-state index in [2.05, 4.69) is 31.3 Å². The number of rotatable bonds is 9. The maximum Gasteiger partial charge on any atom is 0.248 e. The van der Waals surface area contributed by atoms with E-state index < -0.39 is 0 Å². The van der Waals surface area contributed by atoms with E-state index in [1.54, 1.807) is 13.2 Å². The highest BCUT2D eigenvalue weighted by molar-refractivity contribution is 6.02. The Bertz CT molecular complexity index is 817. The molecule has 2 aromatic rings. The van der Waals surface area contributed by atoms with Crippen LogP contribution >= 0.6 is 0 Å². The summed E-state index contributed by atoms with van der Waals surface area (Å²) < 4.78 is 11.2. The molecule has 0 saturated heterocycles. The molecule has 4 nitrogen and oxygen atoms in total. The monoisotopic (exact) mass is 381 g/mol. The molecule has 2 aromatic carbocycles. The minimum absolute atomic E-state index is 0.158. The molecule has 0 unspecified atom stereocenters. The molecule has 150 valence electrons. The van der Waals surface area contributed by atoms with Crippen LogP contribution in [0.2, 0.25) is 0 Å². The highest BCUT2D eigenvalue weighted by Crippen LogP contribution is 2.29. The van der Waals surface area contributed by atoms with Crippen LogP contribution in [0.1, 0.15) is 48.4 Å². The fraction of sp³-hybridized carbons (Fsp3) is 0.375. The summed E-state index contributed by atoms with van der Waals surface area (Å²) >= 11 is 0. The first kappa shape index (κ1) is 21.5. The van der Waals surface area contributed by atoms with Crippen molar-refractivity contribution >= 4 is 17.7 Å². The first-order valence-corrected chi connectivity index (χ1v) is 9.82. The van der Waals surface area contributed by atoms with Crippen LogP contribution in [0, 0.1) is 20.8 Å². The second-order valence-corrected chi connectivity index (χ2v) is 7.06. The van der Waals surface area contributed by atoms with Crippen LogP contribution in [-0.2, 0) is 4.79 Å². The SMILES string of the molecule is CCCCCOc1ccc(C=CC(=O)Nc2c(C)cc(C)cc2C)cc1OC. The van der Waals surface area contributed by atoms with Crippen molar-refractivity contribution in [3.8, 4) is 11.5 Å². The molecule has 0 aliphatic rings. The molecule has 2 rings (SSSR count). The number of benzene rings is 2. The minimum Gasteiger partial charge on any atom is -0.493 e. The Morgan fingerprint density at radius 2 is 1.75 bits per heavy atom. The van der Waals surface area contributed by atoms with Crippen LogP contribution in [0.25, 0.3) is 6.08 Å². The fourth-order valence-corrected chi connectivity index (χ4v) is 3.16. The summed E-state index contributed by atoms with van der Waals surface area (Å²) in [5, 5.41) is 2.97. The van der Waals surface area contributed by atoms with Crippen molar-refractivity contribution in [2.45, 2.75) is 47.0 Å². The largest absolute Gasteiger partial charge is 0.493 e. The van der Waals surface area contributed by atoms with Gasteiger partial charge < -0.3 is 14.8 Å². The highest BCUT2D eigenvalue weighted by Gasteiger charge is 2.07. The first-order chi connectivity index (χ1) is 13.4. The van der Waals surface area contributed by atoms with Crippen LogP contribution in [-0.4, -0.2) is 19.6 Å². The van der Waals surface area contributed by atoms with E-state index in [0.717, 1.165) is 47.4 Å². The number of anilines is 1. The summed E-state index contributed by atoms with van der Waals surface area (Å²) in [7, 11) is 1.62. The summed E-state index contributed by atoms with van der Waals surface area (Å²) in [6.07, 6.45) is 6.65. The number of hydrogen-bond acceptors (Lipinski definition) is 3. The van der Waals surface area contributed by atoms with Crippen LogP contribution in [0.4, 0.5) is 5.69 Å². The highest BCUT2D eigenvalue weighted by atomic mass is 16.5. The van der Waals surface area contributed by atoms with Gasteiger partial charge >= 0.3 is 0 Å². The summed E-state index contributed by atoms with van der Waals surface area (Å²) in [5.74, 6) is 1.24. The Labute approximate surface area is 168 Å². The molecular weight excluding hydrogens is 350 g/mol. The number of unbranched alkanes of at least 4 members (excludes halogenated alkanes) is 2. The molecule has 0 fully saturated rings. The standard InChI is InChI=1S/C24H31NO3/c1-6-7-8-13-28-21-11-9-20(16-22(21)27-5)10-12-23(26)25-24-18(3)14-17(2)15-19(24)4/h9-12,14-16H,6-8,13H2,1-5H3,(H,25,26). The third-order valence-electron chi connectivity index (χ3n) is 4.55. The van der Waals surface area contributed by atoms with Gasteiger partial charge in [0.15, 0.2) is 11.5 Å². The molecular formula is C24H31NO3. The van der Waals surface area contributed by atoms with Gasteiger partial charge in [0.2, 0.25) is 5.91 Å². The summed E-state index contributed by atoms with van der Waals surface area (Å²) in [6.45, 7) is 8.90. The lowest BCUT2D eigenvalue weighted by Crippen LogP contribution is -2.10. The Kier molecular flexibility index (Phi) is 8.12. The lowest BCUT2D eigenvalue weighted by atomic mass is 10.1. The zero-order valence-corrected chi connectivity index (χ0v) is 17.6. The number of aryl methyl sites for hydroxylation is 3. The third kappa shape index (κ3) is 6.15. The molecule has 0 aliphatic heterocycles. The van der Waals surface area contributed by atoms with E-state index in [1.807, 2.05) is 32.0 Å². The van der Waals surface area contributed by atoms with Crippen molar-refractivity contribution in [2.75, 3.05) is 19.0 Å². The summed E-state index contributed by atoms with van der Waals surface area (Å²) in [6, 6.07) is 9.81. The molecule has 1 N–H and O–H groups in total. The van der Waals surface area contributed by atoms with Crippen LogP contribution in [0.5, 0.6) is 11.5 Å². The summed E-state index contributed by atoms with van der Waals surface area (Å²) in [5.41, 5.74) is 5.06. The Balaban J connectivity index is 2.04. The number of ether oxygens (including phenoxy) is 2. The van der Waals surface area contributed by atoms with Gasteiger partial charge in [0, 0.05) is 11.8 Å². The van der Waals surface area contributed by atoms with E-state index in [0.29, 0.717) is 12.4 Å². The van der Waals surface area contributed by atoms with Crippen molar-refractivity contribution in [1.82, 2.24) is 0 Å². The van der Waals surface area contributed by atoms with E-state index in [-0.39, 0.29) is 5.91 Å². The van der Waals surface area contributed by atoms with E-state index in [9.17, 15) is 4.79 Å². The molecule has 28 heavy (non-hydrogen) atoms. The van der Waals surface area contributed by atoms with Gasteiger partial charge in [-0.1, -0.05) is 43.5 Å². The Morgan fingerprint density at radius 3 is 2.39 bits per heavy atom. The molecule has 0 atom stereocenters. The second-order valence-electron chi connectivity index (χ2n) is 7.06. The molecule has 0 bridgehead atoms. The van der Waals surface area contributed by atoms with Crippen molar-refractivity contribution in [2.24, 2.45) is 0 Å². The topological polar surface area (TPSA) is 47.6 Å². The maximum absolute atomic E-state index is 12.3. The molecule has 4 heteroatoms. The molecule has 0 heterocycles. The fourth-order valence-electron chi connectivity index (χ4n) is 3.16. The molecule has 0 aromatic heterocycles. The lowest BCUT2D eigenvalue weighted by Gasteiger charge is -2.12. The maximum atomic E-state index is 12.3. The molecule has 0 radical (unpaired) electrons. The van der Waals surface area contributed by atoms with Crippen LogP contribution in [0.15, 0.2) is 36.4 Å². The third-order valence-corrected chi connectivity index (χ3v) is 4.55. The van der Waals surface area contributed by atoms with E-state index in [1.165, 1.54) is 11.6 Å². The zero-order chi connectivity index (χ0) is 20.5. The number of amides is 1. The number of nitrogens with one attached hydrogen (secondary N) is 1. The van der Waals surface area contributed by atoms with E-state index >= 15 is 0 Å².